The van der Waals surface area contributed by atoms with Gasteiger partial charge in [0.05, 0.1) is 17.7 Å². The lowest BCUT2D eigenvalue weighted by atomic mass is 9.93. The van der Waals surface area contributed by atoms with Crippen LogP contribution in [0.2, 0.25) is 0 Å². The fraction of sp³-hybridized carbons (Fsp3) is 0.667. The third kappa shape index (κ3) is 3.77. The lowest BCUT2D eigenvalue weighted by molar-refractivity contribution is -0.127. The van der Waals surface area contributed by atoms with E-state index in [0.29, 0.717) is 23.9 Å². The first kappa shape index (κ1) is 16.1. The zero-order valence-corrected chi connectivity index (χ0v) is 13.8. The van der Waals surface area contributed by atoms with Crippen LogP contribution in [0.5, 0.6) is 0 Å². The Balaban J connectivity index is 1.58. The van der Waals surface area contributed by atoms with Crippen LogP contribution in [0.4, 0.5) is 0 Å². The van der Waals surface area contributed by atoms with Crippen molar-refractivity contribution in [2.45, 2.75) is 57.9 Å². The Morgan fingerprint density at radius 3 is 2.65 bits per heavy atom. The lowest BCUT2D eigenvalue weighted by Crippen LogP contribution is -2.48. The Labute approximate surface area is 137 Å². The Kier molecular flexibility index (Phi) is 5.03. The van der Waals surface area contributed by atoms with Crippen molar-refractivity contribution in [2.24, 2.45) is 5.92 Å². The summed E-state index contributed by atoms with van der Waals surface area (Å²) in [4.78, 5) is 26.9. The molecule has 2 fully saturated rings. The highest BCUT2D eigenvalue weighted by Crippen LogP contribution is 2.22. The molecule has 0 bridgehead atoms. The Morgan fingerprint density at radius 2 is 1.96 bits per heavy atom. The van der Waals surface area contributed by atoms with E-state index in [1.807, 2.05) is 0 Å². The number of amides is 2. The average molecular weight is 318 g/mol. The van der Waals surface area contributed by atoms with E-state index in [0.717, 1.165) is 32.2 Å². The summed E-state index contributed by atoms with van der Waals surface area (Å²) in [7, 11) is 0. The molecule has 1 aliphatic carbocycles. The maximum absolute atomic E-state index is 12.6. The van der Waals surface area contributed by atoms with Gasteiger partial charge in [-0.25, -0.2) is 0 Å². The first-order chi connectivity index (χ1) is 11.1. The Morgan fingerprint density at radius 1 is 1.17 bits per heavy atom. The largest absolute Gasteiger partial charge is 0.469 e. The van der Waals surface area contributed by atoms with Crippen LogP contribution in [-0.2, 0) is 4.79 Å². The number of carbonyl (C=O) groups excluding carboxylic acids is 2. The van der Waals surface area contributed by atoms with Gasteiger partial charge in [-0.15, -0.1) is 0 Å². The van der Waals surface area contributed by atoms with Crippen LogP contribution in [0, 0.1) is 12.8 Å². The van der Waals surface area contributed by atoms with Crippen molar-refractivity contribution in [1.82, 2.24) is 10.2 Å². The van der Waals surface area contributed by atoms with Crippen molar-refractivity contribution in [1.29, 1.82) is 0 Å². The highest BCUT2D eigenvalue weighted by molar-refractivity contribution is 5.95. The number of rotatable bonds is 3. The first-order valence-electron chi connectivity index (χ1n) is 8.79. The number of likely N-dealkylation sites (tertiary alicyclic amines) is 1. The molecule has 126 valence electrons. The van der Waals surface area contributed by atoms with Crippen molar-refractivity contribution >= 4 is 11.8 Å². The van der Waals surface area contributed by atoms with Crippen LogP contribution in [0.3, 0.4) is 0 Å². The molecule has 5 heteroatoms. The van der Waals surface area contributed by atoms with Gasteiger partial charge >= 0.3 is 0 Å². The minimum Gasteiger partial charge on any atom is -0.469 e. The summed E-state index contributed by atoms with van der Waals surface area (Å²) < 4.78 is 5.22. The van der Waals surface area contributed by atoms with Gasteiger partial charge in [0, 0.05) is 19.1 Å². The number of hydrogen-bond donors (Lipinski definition) is 1. The average Bonchev–Trinajstić information content (AvgIpc) is 3.01. The molecule has 2 aliphatic rings. The second-order valence-electron chi connectivity index (χ2n) is 6.82. The van der Waals surface area contributed by atoms with E-state index in [-0.39, 0.29) is 17.7 Å². The van der Waals surface area contributed by atoms with Crippen LogP contribution in [0.15, 0.2) is 16.7 Å². The van der Waals surface area contributed by atoms with Gasteiger partial charge in [0.2, 0.25) is 5.91 Å². The lowest BCUT2D eigenvalue weighted by Gasteiger charge is -2.33. The summed E-state index contributed by atoms with van der Waals surface area (Å²) in [5.74, 6) is 0.662. The van der Waals surface area contributed by atoms with Gasteiger partial charge in [0.15, 0.2) is 0 Å². The SMILES string of the molecule is Cc1occc1C(=O)N1CCC[C@H](C(=O)NC2CCCCC2)C1. The number of nitrogens with one attached hydrogen (secondary N) is 1. The smallest absolute Gasteiger partial charge is 0.257 e. The fourth-order valence-electron chi connectivity index (χ4n) is 3.72. The zero-order chi connectivity index (χ0) is 16.2. The maximum atomic E-state index is 12.6. The number of furan rings is 1. The second kappa shape index (κ2) is 7.20. The highest BCUT2D eigenvalue weighted by atomic mass is 16.3. The molecular weight excluding hydrogens is 292 g/mol. The predicted octanol–water partition coefficient (Wildman–Crippen LogP) is 2.89. The minimum atomic E-state index is -0.0816. The molecule has 0 spiro atoms. The van der Waals surface area contributed by atoms with Gasteiger partial charge in [0.1, 0.15) is 5.76 Å². The number of carbonyl (C=O) groups is 2. The molecule has 1 N–H and O–H groups in total. The summed E-state index contributed by atoms with van der Waals surface area (Å²) in [5.41, 5.74) is 0.610. The molecule has 1 saturated carbocycles. The predicted molar refractivity (Wildman–Crippen MR) is 87.1 cm³/mol. The molecule has 23 heavy (non-hydrogen) atoms. The summed E-state index contributed by atoms with van der Waals surface area (Å²) >= 11 is 0. The van der Waals surface area contributed by atoms with Crippen molar-refractivity contribution < 1.29 is 14.0 Å². The summed E-state index contributed by atoms with van der Waals surface area (Å²) in [6, 6.07) is 2.04. The molecule has 0 aromatic carbocycles. The maximum Gasteiger partial charge on any atom is 0.257 e. The fourth-order valence-corrected chi connectivity index (χ4v) is 3.72. The zero-order valence-electron chi connectivity index (χ0n) is 13.8. The topological polar surface area (TPSA) is 62.6 Å². The van der Waals surface area contributed by atoms with E-state index >= 15 is 0 Å². The minimum absolute atomic E-state index is 0.0218. The van der Waals surface area contributed by atoms with Crippen molar-refractivity contribution in [3.63, 3.8) is 0 Å². The Hall–Kier alpha value is -1.78. The monoisotopic (exact) mass is 318 g/mol. The van der Waals surface area contributed by atoms with Crippen LogP contribution in [0.1, 0.15) is 61.1 Å². The molecule has 1 atom stereocenters. The summed E-state index contributed by atoms with van der Waals surface area (Å²) in [6.07, 6.45) is 9.17. The van der Waals surface area contributed by atoms with Gasteiger partial charge < -0.3 is 14.6 Å². The van der Waals surface area contributed by atoms with E-state index in [4.69, 9.17) is 4.42 Å². The molecule has 1 aromatic rings. The molecule has 1 aliphatic heterocycles. The molecule has 2 amide bonds. The number of nitrogens with zero attached hydrogens (tertiary/aromatic N) is 1. The quantitative estimate of drug-likeness (QED) is 0.932. The molecule has 3 rings (SSSR count). The van der Waals surface area contributed by atoms with Crippen molar-refractivity contribution in [3.05, 3.63) is 23.7 Å². The normalized spacial score (nSPS) is 22.8. The number of piperidine rings is 1. The first-order valence-corrected chi connectivity index (χ1v) is 8.79. The molecule has 1 aromatic heterocycles. The molecule has 0 radical (unpaired) electrons. The van der Waals surface area contributed by atoms with Gasteiger partial charge in [-0.05, 0) is 38.7 Å². The summed E-state index contributed by atoms with van der Waals surface area (Å²) in [6.45, 7) is 3.03. The third-order valence-corrected chi connectivity index (χ3v) is 5.12. The molecule has 2 heterocycles. The van der Waals surface area contributed by atoms with Crippen LogP contribution < -0.4 is 5.32 Å². The van der Waals surface area contributed by atoms with Crippen LogP contribution in [0.25, 0.3) is 0 Å². The number of aryl methyl sites for hydroxylation is 1. The van der Waals surface area contributed by atoms with E-state index in [2.05, 4.69) is 5.32 Å². The van der Waals surface area contributed by atoms with Crippen molar-refractivity contribution in [3.8, 4) is 0 Å². The third-order valence-electron chi connectivity index (χ3n) is 5.12. The van der Waals surface area contributed by atoms with E-state index in [1.54, 1.807) is 24.2 Å². The van der Waals surface area contributed by atoms with E-state index < -0.39 is 0 Å². The Bertz CT molecular complexity index is 560. The van der Waals surface area contributed by atoms with Gasteiger partial charge in [0.25, 0.3) is 5.91 Å². The molecule has 5 nitrogen and oxygen atoms in total. The summed E-state index contributed by atoms with van der Waals surface area (Å²) in [5, 5.41) is 3.20. The number of hydrogen-bond acceptors (Lipinski definition) is 3. The van der Waals surface area contributed by atoms with E-state index in [9.17, 15) is 9.59 Å². The van der Waals surface area contributed by atoms with E-state index in [1.165, 1.54) is 19.3 Å². The molecule has 1 saturated heterocycles. The molecule has 0 unspecified atom stereocenters. The van der Waals surface area contributed by atoms with Gasteiger partial charge in [-0.3, -0.25) is 9.59 Å². The van der Waals surface area contributed by atoms with Gasteiger partial charge in [-0.1, -0.05) is 19.3 Å². The van der Waals surface area contributed by atoms with Crippen LogP contribution >= 0.6 is 0 Å². The molecular formula is C18H26N2O3. The van der Waals surface area contributed by atoms with Crippen molar-refractivity contribution in [2.75, 3.05) is 13.1 Å². The second-order valence-corrected chi connectivity index (χ2v) is 6.82. The standard InChI is InChI=1S/C18H26N2O3/c1-13-16(9-11-23-13)18(22)20-10-5-6-14(12-20)17(21)19-15-7-3-2-4-8-15/h9,11,14-15H,2-8,10,12H2,1H3,(H,19,21)/t14-/m0/s1. The van der Waals surface area contributed by atoms with Crippen LogP contribution in [-0.4, -0.2) is 35.8 Å². The highest BCUT2D eigenvalue weighted by Gasteiger charge is 2.31. The van der Waals surface area contributed by atoms with Gasteiger partial charge in [-0.2, -0.15) is 0 Å².